The van der Waals surface area contributed by atoms with Gasteiger partial charge in [0, 0.05) is 30.0 Å². The Bertz CT molecular complexity index is 948. The molecule has 4 N–H and O–H groups in total. The van der Waals surface area contributed by atoms with Gasteiger partial charge in [0.05, 0.1) is 13.1 Å². The van der Waals surface area contributed by atoms with E-state index in [2.05, 4.69) is 4.98 Å². The van der Waals surface area contributed by atoms with Crippen molar-refractivity contribution in [2.45, 2.75) is 18.8 Å². The van der Waals surface area contributed by atoms with Crippen LogP contribution in [-0.4, -0.2) is 47.9 Å². The Hall–Kier alpha value is -3.11. The maximum atomic E-state index is 14.8. The molecule has 3 rings (SSSR count). The number of benzene rings is 1. The zero-order valence-corrected chi connectivity index (χ0v) is 15.6. The highest BCUT2D eigenvalue weighted by Gasteiger charge is 2.43. The minimum absolute atomic E-state index is 0.0326. The molecule has 1 aliphatic heterocycles. The summed E-state index contributed by atoms with van der Waals surface area (Å²) in [4.78, 5) is 17.0. The molecule has 10 heteroatoms. The highest BCUT2D eigenvalue weighted by atomic mass is 19.1. The molecule has 0 aliphatic carbocycles. The summed E-state index contributed by atoms with van der Waals surface area (Å²) < 4.78 is 39.2. The van der Waals surface area contributed by atoms with Gasteiger partial charge in [-0.1, -0.05) is 18.2 Å². The van der Waals surface area contributed by atoms with Gasteiger partial charge in [0.1, 0.15) is 24.7 Å². The molecule has 29 heavy (non-hydrogen) atoms. The summed E-state index contributed by atoms with van der Waals surface area (Å²) in [6, 6.07) is 5.59. The molecule has 1 saturated heterocycles. The summed E-state index contributed by atoms with van der Waals surface area (Å²) in [7, 11) is 1.36. The molecule has 8 nitrogen and oxygen atoms in total. The lowest BCUT2D eigenvalue weighted by Crippen LogP contribution is -2.63. The van der Waals surface area contributed by atoms with Crippen LogP contribution >= 0.6 is 0 Å². The normalized spacial score (nSPS) is 15.0. The summed E-state index contributed by atoms with van der Waals surface area (Å²) in [6.45, 7) is -0.201. The average Bonchev–Trinajstić information content (AvgIpc) is 2.64. The van der Waals surface area contributed by atoms with Crippen molar-refractivity contribution < 1.29 is 28.2 Å². The lowest BCUT2D eigenvalue weighted by Gasteiger charge is -2.45. The molecule has 1 aliphatic rings. The maximum Gasteiger partial charge on any atom is 0.313 e. The second-order valence-electron chi connectivity index (χ2n) is 6.68. The molecule has 1 aromatic heterocycles. The molecule has 2 heterocycles. The fourth-order valence-electron chi connectivity index (χ4n) is 2.92. The van der Waals surface area contributed by atoms with Crippen LogP contribution in [0.25, 0.3) is 11.1 Å². The van der Waals surface area contributed by atoms with Crippen LogP contribution < -0.4 is 10.6 Å². The third-order valence-electron chi connectivity index (χ3n) is 4.49. The number of rotatable bonds is 7. The van der Waals surface area contributed by atoms with Gasteiger partial charge in [-0.2, -0.15) is 0 Å². The minimum atomic E-state index is -1.33. The molecule has 1 aromatic carbocycles. The summed E-state index contributed by atoms with van der Waals surface area (Å²) in [5.74, 6) is -3.73. The van der Waals surface area contributed by atoms with Crippen molar-refractivity contribution in [2.24, 2.45) is 5.73 Å². The molecule has 0 unspecified atom stereocenters. The number of β-amino-alcohol motifs (C(OH)–C–C–N with tert-alkyl or cyclic N) is 1. The number of halogens is 2. The number of nitrogens with two attached hydrogens (primary N) is 1. The molecule has 0 spiro atoms. The molecule has 0 atom stereocenters. The van der Waals surface area contributed by atoms with Crippen LogP contribution in [0.5, 0.6) is 0 Å². The van der Waals surface area contributed by atoms with Crippen LogP contribution in [0.4, 0.5) is 14.6 Å². The van der Waals surface area contributed by atoms with Gasteiger partial charge in [-0.15, -0.1) is 0 Å². The Balaban J connectivity index is 1.76. The number of ether oxygens (including phenoxy) is 2. The molecule has 1 fully saturated rings. The monoisotopic (exact) mass is 406 g/mol. The van der Waals surface area contributed by atoms with E-state index in [1.807, 2.05) is 0 Å². The Labute approximate surface area is 165 Å². The second kappa shape index (κ2) is 8.10. The number of methoxy groups -OCH3 is 1. The van der Waals surface area contributed by atoms with E-state index < -0.39 is 23.4 Å². The van der Waals surface area contributed by atoms with Crippen molar-refractivity contribution in [3.63, 3.8) is 0 Å². The third kappa shape index (κ3) is 4.49. The highest BCUT2D eigenvalue weighted by Crippen LogP contribution is 2.32. The van der Waals surface area contributed by atoms with Crippen molar-refractivity contribution in [2.75, 3.05) is 25.1 Å². The van der Waals surface area contributed by atoms with Crippen molar-refractivity contribution in [1.29, 1.82) is 5.41 Å². The summed E-state index contributed by atoms with van der Waals surface area (Å²) >= 11 is 0. The number of aromatic nitrogens is 1. The summed E-state index contributed by atoms with van der Waals surface area (Å²) in [6.07, 6.45) is 0.944. The Morgan fingerprint density at radius 1 is 1.41 bits per heavy atom. The van der Waals surface area contributed by atoms with Crippen LogP contribution in [0, 0.1) is 17.0 Å². The number of carbonyl (C=O) groups excluding carboxylic acids is 1. The molecule has 0 amide bonds. The van der Waals surface area contributed by atoms with Crippen molar-refractivity contribution in [3.8, 4) is 11.1 Å². The molecular formula is C19H20F2N4O4. The van der Waals surface area contributed by atoms with E-state index in [0.29, 0.717) is 0 Å². The zero-order chi connectivity index (χ0) is 21.2. The number of carbonyl (C=O) groups is 1. The number of amidine groups is 1. The quantitative estimate of drug-likeness (QED) is 0.276. The number of aliphatic hydroxyl groups is 1. The van der Waals surface area contributed by atoms with Gasteiger partial charge in [-0.3, -0.25) is 10.2 Å². The van der Waals surface area contributed by atoms with E-state index >= 15 is 0 Å². The number of anilines is 1. The second-order valence-corrected chi connectivity index (χ2v) is 6.68. The van der Waals surface area contributed by atoms with Crippen molar-refractivity contribution in [1.82, 2.24) is 4.98 Å². The predicted octanol–water partition coefficient (Wildman–Crippen LogP) is 1.55. The number of hydrogen-bond donors (Lipinski definition) is 3. The third-order valence-corrected chi connectivity index (χ3v) is 4.49. The topological polar surface area (TPSA) is 122 Å². The molecule has 2 aromatic rings. The van der Waals surface area contributed by atoms with E-state index in [-0.39, 0.29) is 54.5 Å². The maximum absolute atomic E-state index is 14.8. The van der Waals surface area contributed by atoms with Gasteiger partial charge in [-0.05, 0) is 6.07 Å². The fraction of sp³-hybridized carbons (Fsp3) is 0.316. The van der Waals surface area contributed by atoms with E-state index in [1.165, 1.54) is 30.3 Å². The lowest BCUT2D eigenvalue weighted by atomic mass is 10.0. The van der Waals surface area contributed by atoms with Gasteiger partial charge in [0.25, 0.3) is 0 Å². The van der Waals surface area contributed by atoms with Crippen LogP contribution in [-0.2, 0) is 20.9 Å². The van der Waals surface area contributed by atoms with E-state index in [1.54, 1.807) is 6.07 Å². The van der Waals surface area contributed by atoms with Crippen molar-refractivity contribution in [3.05, 3.63) is 47.7 Å². The Morgan fingerprint density at radius 3 is 2.76 bits per heavy atom. The van der Waals surface area contributed by atoms with E-state index in [9.17, 15) is 18.7 Å². The molecule has 0 radical (unpaired) electrons. The van der Waals surface area contributed by atoms with Crippen LogP contribution in [0.2, 0.25) is 0 Å². The molecular weight excluding hydrogens is 386 g/mol. The summed E-state index contributed by atoms with van der Waals surface area (Å²) in [5, 5.41) is 16.9. The highest BCUT2D eigenvalue weighted by molar-refractivity contribution is 5.94. The molecule has 0 bridgehead atoms. The lowest BCUT2D eigenvalue weighted by molar-refractivity contribution is -0.199. The zero-order valence-electron chi connectivity index (χ0n) is 15.6. The van der Waals surface area contributed by atoms with Crippen LogP contribution in [0.15, 0.2) is 30.5 Å². The summed E-state index contributed by atoms with van der Waals surface area (Å²) in [5.41, 5.74) is 5.52. The largest absolute Gasteiger partial charge is 0.460 e. The first-order valence-electron chi connectivity index (χ1n) is 8.67. The number of hydrogen-bond acceptors (Lipinski definition) is 7. The number of nitrogens with one attached hydrogen (secondary N) is 1. The number of esters is 1. The van der Waals surface area contributed by atoms with Gasteiger partial charge in [-0.25, -0.2) is 13.8 Å². The average molecular weight is 406 g/mol. The molecule has 154 valence electrons. The van der Waals surface area contributed by atoms with Gasteiger partial charge in [0.15, 0.2) is 11.6 Å². The predicted molar refractivity (Wildman–Crippen MR) is 100 cm³/mol. The SMILES string of the molecule is COC1(O)CN(c2ncc(-c3cccc(COC(=O)CC(=N)N)c3F)cc2F)C1. The minimum Gasteiger partial charge on any atom is -0.460 e. The standard InChI is InChI=1S/C19H20F2N4O4/c1-28-19(27)9-25(10-19)18-14(20)5-12(7-24-18)13-4-2-3-11(17(13)21)8-29-16(26)6-15(22)23/h2-5,7,27H,6,8-10H2,1H3,(H3,22,23). The van der Waals surface area contributed by atoms with Gasteiger partial charge < -0.3 is 25.2 Å². The fourth-order valence-corrected chi connectivity index (χ4v) is 2.92. The van der Waals surface area contributed by atoms with Crippen LogP contribution in [0.1, 0.15) is 12.0 Å². The Kier molecular flexibility index (Phi) is 5.76. The first-order chi connectivity index (χ1) is 13.7. The van der Waals surface area contributed by atoms with E-state index in [4.69, 9.17) is 20.6 Å². The van der Waals surface area contributed by atoms with Crippen LogP contribution in [0.3, 0.4) is 0 Å². The Morgan fingerprint density at radius 2 is 2.14 bits per heavy atom. The smallest absolute Gasteiger partial charge is 0.313 e. The van der Waals surface area contributed by atoms with Gasteiger partial charge in [0.2, 0.25) is 5.79 Å². The number of pyridine rings is 1. The van der Waals surface area contributed by atoms with Gasteiger partial charge >= 0.3 is 5.97 Å². The van der Waals surface area contributed by atoms with Crippen molar-refractivity contribution >= 4 is 17.6 Å². The van der Waals surface area contributed by atoms with E-state index in [0.717, 1.165) is 6.07 Å². The molecule has 0 saturated carbocycles. The number of nitrogens with zero attached hydrogens (tertiary/aromatic N) is 2. The first-order valence-corrected chi connectivity index (χ1v) is 8.67. The first kappa shape index (κ1) is 20.6.